The van der Waals surface area contributed by atoms with Gasteiger partial charge in [0.2, 0.25) is 5.91 Å². The minimum atomic E-state index is -3.44. The van der Waals surface area contributed by atoms with Crippen molar-refractivity contribution >= 4 is 32.2 Å². The van der Waals surface area contributed by atoms with Gasteiger partial charge in [-0.2, -0.15) is 0 Å². The van der Waals surface area contributed by atoms with E-state index >= 15 is 0 Å². The number of carbonyl (C=O) groups excluding carboxylic acids is 1. The van der Waals surface area contributed by atoms with E-state index in [-0.39, 0.29) is 29.4 Å². The standard InChI is InChI=1S/C19H19N3O4S2/c1-26-15-4-6-16(7-5-15)28(24,25)12-2-3-18(23)22-19-21-17(13-27-19)14-8-10-20-11-9-14/h4-11,13H,2-3,12H2,1H3,(H,21,22,23). The number of carbonyl (C=O) groups is 1. The van der Waals surface area contributed by atoms with Crippen LogP contribution in [0.4, 0.5) is 5.13 Å². The van der Waals surface area contributed by atoms with E-state index in [9.17, 15) is 13.2 Å². The van der Waals surface area contributed by atoms with Crippen molar-refractivity contribution in [1.29, 1.82) is 0 Å². The molecule has 0 atom stereocenters. The van der Waals surface area contributed by atoms with E-state index in [0.29, 0.717) is 10.9 Å². The lowest BCUT2D eigenvalue weighted by Crippen LogP contribution is -2.14. The van der Waals surface area contributed by atoms with Crippen LogP contribution in [0.1, 0.15) is 12.8 Å². The number of rotatable bonds is 8. The van der Waals surface area contributed by atoms with Gasteiger partial charge in [-0.15, -0.1) is 11.3 Å². The molecule has 0 fully saturated rings. The Balaban J connectivity index is 1.51. The van der Waals surface area contributed by atoms with Crippen LogP contribution in [-0.2, 0) is 14.6 Å². The third-order valence-electron chi connectivity index (χ3n) is 3.96. The molecule has 1 N–H and O–H groups in total. The minimum Gasteiger partial charge on any atom is -0.497 e. The van der Waals surface area contributed by atoms with Crippen LogP contribution in [0, 0.1) is 0 Å². The summed E-state index contributed by atoms with van der Waals surface area (Å²) >= 11 is 1.32. The summed E-state index contributed by atoms with van der Waals surface area (Å²) in [5, 5.41) is 5.04. The zero-order chi connectivity index (χ0) is 20.0. The summed E-state index contributed by atoms with van der Waals surface area (Å²) in [7, 11) is -1.92. The maximum atomic E-state index is 12.3. The van der Waals surface area contributed by atoms with Crippen LogP contribution < -0.4 is 10.1 Å². The maximum absolute atomic E-state index is 12.3. The Labute approximate surface area is 167 Å². The zero-order valence-electron chi connectivity index (χ0n) is 15.2. The van der Waals surface area contributed by atoms with Crippen molar-refractivity contribution in [3.05, 3.63) is 54.2 Å². The predicted octanol–water partition coefficient (Wildman–Crippen LogP) is 3.41. The van der Waals surface area contributed by atoms with Crippen molar-refractivity contribution in [2.45, 2.75) is 17.7 Å². The molecule has 1 amide bonds. The van der Waals surface area contributed by atoms with Crippen molar-refractivity contribution in [1.82, 2.24) is 9.97 Å². The highest BCUT2D eigenvalue weighted by molar-refractivity contribution is 7.91. The number of nitrogens with zero attached hydrogens (tertiary/aromatic N) is 2. The monoisotopic (exact) mass is 417 g/mol. The van der Waals surface area contributed by atoms with Gasteiger partial charge in [0.25, 0.3) is 0 Å². The predicted molar refractivity (Wildman–Crippen MR) is 108 cm³/mol. The van der Waals surface area contributed by atoms with E-state index < -0.39 is 9.84 Å². The zero-order valence-corrected chi connectivity index (χ0v) is 16.8. The van der Waals surface area contributed by atoms with E-state index in [4.69, 9.17) is 4.74 Å². The molecule has 146 valence electrons. The first-order valence-corrected chi connectivity index (χ1v) is 11.0. The van der Waals surface area contributed by atoms with Gasteiger partial charge >= 0.3 is 0 Å². The molecule has 3 rings (SSSR count). The topological polar surface area (TPSA) is 98.2 Å². The van der Waals surface area contributed by atoms with E-state index in [0.717, 1.165) is 11.3 Å². The number of benzene rings is 1. The van der Waals surface area contributed by atoms with Gasteiger partial charge in [0.05, 0.1) is 23.5 Å². The first-order valence-electron chi connectivity index (χ1n) is 8.50. The van der Waals surface area contributed by atoms with Gasteiger partial charge in [-0.05, 0) is 42.8 Å². The van der Waals surface area contributed by atoms with Gasteiger partial charge in [-0.3, -0.25) is 9.78 Å². The SMILES string of the molecule is COc1ccc(S(=O)(=O)CCCC(=O)Nc2nc(-c3ccncc3)cs2)cc1. The number of pyridine rings is 1. The van der Waals surface area contributed by atoms with Gasteiger partial charge in [0.1, 0.15) is 5.75 Å². The summed E-state index contributed by atoms with van der Waals surface area (Å²) in [6.07, 6.45) is 3.68. The molecule has 0 unspecified atom stereocenters. The summed E-state index contributed by atoms with van der Waals surface area (Å²) in [5.74, 6) is 0.223. The highest BCUT2D eigenvalue weighted by Gasteiger charge is 2.16. The summed E-state index contributed by atoms with van der Waals surface area (Å²) < 4.78 is 29.7. The third kappa shape index (κ3) is 5.14. The fourth-order valence-electron chi connectivity index (χ4n) is 2.49. The fraction of sp³-hybridized carbons (Fsp3) is 0.211. The van der Waals surface area contributed by atoms with E-state index in [1.165, 1.54) is 30.6 Å². The normalized spacial score (nSPS) is 11.2. The molecule has 2 aromatic heterocycles. The summed E-state index contributed by atoms with van der Waals surface area (Å²) in [5.41, 5.74) is 1.67. The second-order valence-corrected chi connectivity index (χ2v) is 8.89. The van der Waals surface area contributed by atoms with Crippen molar-refractivity contribution in [2.75, 3.05) is 18.2 Å². The smallest absolute Gasteiger partial charge is 0.226 e. The Kier molecular flexibility index (Phi) is 6.37. The minimum absolute atomic E-state index is 0.0968. The molecule has 1 aromatic carbocycles. The average Bonchev–Trinajstić information content (AvgIpc) is 3.17. The van der Waals surface area contributed by atoms with Crippen molar-refractivity contribution in [3.8, 4) is 17.0 Å². The summed E-state index contributed by atoms with van der Waals surface area (Å²) in [6, 6.07) is 9.88. The third-order valence-corrected chi connectivity index (χ3v) is 6.54. The van der Waals surface area contributed by atoms with Crippen LogP contribution in [0.5, 0.6) is 5.75 Å². The Morgan fingerprint density at radius 2 is 1.86 bits per heavy atom. The van der Waals surface area contributed by atoms with E-state index in [2.05, 4.69) is 15.3 Å². The molecule has 0 radical (unpaired) electrons. The average molecular weight is 418 g/mol. The Morgan fingerprint density at radius 3 is 2.54 bits per heavy atom. The molecule has 0 saturated carbocycles. The Morgan fingerprint density at radius 1 is 1.14 bits per heavy atom. The van der Waals surface area contributed by atoms with E-state index in [1.54, 1.807) is 24.5 Å². The first kappa shape index (κ1) is 20.0. The Bertz CT molecular complexity index is 1030. The van der Waals surface area contributed by atoms with Crippen molar-refractivity contribution in [3.63, 3.8) is 0 Å². The van der Waals surface area contributed by atoms with Crippen LogP contribution in [0.2, 0.25) is 0 Å². The summed E-state index contributed by atoms with van der Waals surface area (Å²) in [4.78, 5) is 20.6. The lowest BCUT2D eigenvalue weighted by molar-refractivity contribution is -0.116. The molecule has 2 heterocycles. The lowest BCUT2D eigenvalue weighted by Gasteiger charge is -2.06. The van der Waals surface area contributed by atoms with Gasteiger partial charge in [-0.1, -0.05) is 0 Å². The van der Waals surface area contributed by atoms with Gasteiger partial charge in [-0.25, -0.2) is 13.4 Å². The Hall–Kier alpha value is -2.78. The molecule has 3 aromatic rings. The second kappa shape index (κ2) is 8.94. The number of hydrogen-bond acceptors (Lipinski definition) is 7. The number of thiazole rings is 1. The maximum Gasteiger partial charge on any atom is 0.226 e. The van der Waals surface area contributed by atoms with Crippen LogP contribution in [0.15, 0.2) is 59.1 Å². The lowest BCUT2D eigenvalue weighted by atomic mass is 10.2. The molecular weight excluding hydrogens is 398 g/mol. The summed E-state index contributed by atoms with van der Waals surface area (Å²) in [6.45, 7) is 0. The number of sulfone groups is 1. The number of aromatic nitrogens is 2. The van der Waals surface area contributed by atoms with Gasteiger partial charge in [0.15, 0.2) is 15.0 Å². The second-order valence-electron chi connectivity index (χ2n) is 5.92. The van der Waals surface area contributed by atoms with Crippen LogP contribution in [-0.4, -0.2) is 37.2 Å². The molecule has 7 nitrogen and oxygen atoms in total. The molecule has 0 saturated heterocycles. The van der Waals surface area contributed by atoms with Crippen molar-refractivity contribution < 1.29 is 17.9 Å². The quantitative estimate of drug-likeness (QED) is 0.603. The molecule has 0 aliphatic rings. The molecule has 28 heavy (non-hydrogen) atoms. The number of anilines is 1. The van der Waals surface area contributed by atoms with E-state index in [1.807, 2.05) is 17.5 Å². The number of nitrogens with one attached hydrogen (secondary N) is 1. The fourth-order valence-corrected chi connectivity index (χ4v) is 4.54. The largest absolute Gasteiger partial charge is 0.497 e. The molecule has 0 aliphatic heterocycles. The van der Waals surface area contributed by atoms with Gasteiger partial charge in [0, 0.05) is 29.8 Å². The number of methoxy groups -OCH3 is 1. The molecule has 9 heteroatoms. The molecule has 0 aliphatic carbocycles. The number of amides is 1. The highest BCUT2D eigenvalue weighted by atomic mass is 32.2. The molecule has 0 spiro atoms. The first-order chi connectivity index (χ1) is 13.5. The van der Waals surface area contributed by atoms with Gasteiger partial charge < -0.3 is 10.1 Å². The van der Waals surface area contributed by atoms with Crippen LogP contribution in [0.25, 0.3) is 11.3 Å². The number of hydrogen-bond donors (Lipinski definition) is 1. The number of ether oxygens (including phenoxy) is 1. The van der Waals surface area contributed by atoms with Crippen LogP contribution in [0.3, 0.4) is 0 Å². The molecule has 0 bridgehead atoms. The van der Waals surface area contributed by atoms with Crippen LogP contribution >= 0.6 is 11.3 Å². The molecular formula is C19H19N3O4S2. The highest BCUT2D eigenvalue weighted by Crippen LogP contribution is 2.24. The van der Waals surface area contributed by atoms with Crippen molar-refractivity contribution in [2.24, 2.45) is 0 Å².